The number of hydrogen-bond acceptors (Lipinski definition) is 27. The molecular weight excluding hydrogens is 1500 g/mol. The van der Waals surface area contributed by atoms with E-state index in [4.69, 9.17) is 45.6 Å². The lowest BCUT2D eigenvalue weighted by Gasteiger charge is -2.34. The van der Waals surface area contributed by atoms with E-state index in [0.29, 0.717) is 35.3 Å². The normalized spacial score (nSPS) is 16.4. The average molecular weight is 1620 g/mol. The number of carboxylic acid groups (broad SMARTS) is 2. The molecule has 1 fully saturated rings. The Morgan fingerprint density at radius 2 is 1.29 bits per heavy atom. The van der Waals surface area contributed by atoms with Gasteiger partial charge >= 0.3 is 11.9 Å². The molecule has 0 spiro atoms. The van der Waals surface area contributed by atoms with Crippen molar-refractivity contribution in [2.45, 2.75) is 142 Å². The smallest absolute Gasteiger partial charge is 0.326 e. The monoisotopic (exact) mass is 1610 g/mol. The summed E-state index contributed by atoms with van der Waals surface area (Å²) in [6.07, 6.45) is 0.535. The number of aliphatic imine (C=N–C) groups is 1. The molecule has 3 heterocycles. The number of Topliss-reactive ketones (excluding diaryl/α,β-unsaturated/α-hetero) is 4. The second-order valence-corrected chi connectivity index (χ2v) is 28.1. The van der Waals surface area contributed by atoms with Crippen molar-refractivity contribution in [2.24, 2.45) is 39.6 Å². The minimum atomic E-state index is -1.54. The molecule has 2 aromatic heterocycles. The zero-order valence-corrected chi connectivity index (χ0v) is 65.5. The number of anilines is 2. The van der Waals surface area contributed by atoms with Crippen molar-refractivity contribution in [1.82, 2.24) is 56.7 Å². The molecule has 39 nitrogen and oxygen atoms in total. The summed E-state index contributed by atoms with van der Waals surface area (Å²) >= 11 is 0. The highest BCUT2D eigenvalue weighted by Crippen LogP contribution is 2.27. The van der Waals surface area contributed by atoms with Crippen molar-refractivity contribution < 1.29 is 106 Å². The molecule has 1 aliphatic rings. The van der Waals surface area contributed by atoms with Crippen LogP contribution in [0.2, 0.25) is 0 Å². The first-order valence-electron chi connectivity index (χ1n) is 38.0. The van der Waals surface area contributed by atoms with Gasteiger partial charge in [-0.15, -0.1) is 0 Å². The molecule has 2 aromatic carbocycles. The molecule has 632 valence electrons. The van der Waals surface area contributed by atoms with E-state index in [2.05, 4.69) is 62.1 Å². The number of ether oxygens (including phenoxy) is 6. The summed E-state index contributed by atoms with van der Waals surface area (Å²) in [5.74, 6) is -10.6. The first-order valence-corrected chi connectivity index (χ1v) is 38.0. The molecule has 5 rings (SSSR count). The number of guanidine groups is 1. The maximum Gasteiger partial charge on any atom is 0.326 e. The number of rotatable bonds is 52. The van der Waals surface area contributed by atoms with Crippen LogP contribution in [0.15, 0.2) is 64.5 Å². The number of aromatic amines is 1. The first kappa shape index (κ1) is 94.8. The Morgan fingerprint density at radius 3 is 1.88 bits per heavy atom. The number of aromatic nitrogens is 4. The standard InChI is InChI=1S/C76H110N16O23/c1-47(2)67-60(97)36-52(7-5-22-82-74(77)78)69(104)86-43-64(101)88-58(38-65(102)103)59(96)37-53(72(107)92(67)4)35-49-9-11-50(12-10-49)40-84-63(100)19-26-111-32-34-113-30-24-81-62(99)21-28-115-46-76(44-93,39-48(3)94)45-114-27-20-61(98)80-23-29-112-33-31-110-25-6-8-56(95)17-18-57(73(108)109)89-70(105)51-13-15-54(16-14-51)83-41-55-42-85-68-66(87-55)71(106)91-75(79)90-68/h9-16,42,47,52-53,57-58,67,83,93H,5-8,17-41,43-46H2,1-4H3,(H,80,98)(H,81,99)(H,84,100)(H,86,104)(H,88,101)(H,89,105)(H,102,103)(H,108,109)(H4,77,78,82)(H3,79,85,90,91,106)/t52-,53+,57+,58+,67+,76?/m1/s1. The van der Waals surface area contributed by atoms with Crippen molar-refractivity contribution in [3.8, 4) is 0 Å². The summed E-state index contributed by atoms with van der Waals surface area (Å²) in [6.45, 7) is 5.81. The molecule has 17 N–H and O–H groups in total. The van der Waals surface area contributed by atoms with Crippen LogP contribution in [0.3, 0.4) is 0 Å². The van der Waals surface area contributed by atoms with Crippen LogP contribution in [-0.4, -0.2) is 260 Å². The van der Waals surface area contributed by atoms with Gasteiger partial charge in [-0.1, -0.05) is 38.1 Å². The highest BCUT2D eigenvalue weighted by molar-refractivity contribution is 5.99. The molecule has 0 bridgehead atoms. The van der Waals surface area contributed by atoms with E-state index in [1.165, 1.54) is 37.2 Å². The van der Waals surface area contributed by atoms with E-state index >= 15 is 0 Å². The van der Waals surface area contributed by atoms with E-state index in [9.17, 15) is 82.4 Å². The van der Waals surface area contributed by atoms with Crippen molar-refractivity contribution in [3.05, 3.63) is 87.5 Å². The zero-order chi connectivity index (χ0) is 84.2. The van der Waals surface area contributed by atoms with Gasteiger partial charge in [0.2, 0.25) is 41.4 Å². The van der Waals surface area contributed by atoms with Crippen LogP contribution in [0.5, 0.6) is 0 Å². The molecule has 7 amide bonds. The lowest BCUT2D eigenvalue weighted by atomic mass is 9.85. The Bertz CT molecular complexity index is 3970. The van der Waals surface area contributed by atoms with E-state index in [-0.39, 0.29) is 234 Å². The van der Waals surface area contributed by atoms with Crippen molar-refractivity contribution in [1.29, 1.82) is 0 Å². The summed E-state index contributed by atoms with van der Waals surface area (Å²) in [5.41, 5.74) is 17.5. The molecule has 4 aromatic rings. The van der Waals surface area contributed by atoms with Crippen LogP contribution >= 0.6 is 0 Å². The molecule has 0 radical (unpaired) electrons. The Morgan fingerprint density at radius 1 is 0.696 bits per heavy atom. The predicted molar refractivity (Wildman–Crippen MR) is 415 cm³/mol. The summed E-state index contributed by atoms with van der Waals surface area (Å²) < 4.78 is 33.6. The lowest BCUT2D eigenvalue weighted by molar-refractivity contribution is -0.145. The molecule has 0 saturated carbocycles. The van der Waals surface area contributed by atoms with Gasteiger partial charge in [0.15, 0.2) is 28.7 Å². The van der Waals surface area contributed by atoms with Gasteiger partial charge in [-0.05, 0) is 80.3 Å². The number of amides is 7. The predicted octanol–water partition coefficient (Wildman–Crippen LogP) is -0.684. The first-order chi connectivity index (χ1) is 54.9. The third-order valence-electron chi connectivity index (χ3n) is 18.1. The number of nitrogens with two attached hydrogens (primary N) is 3. The molecule has 1 unspecified atom stereocenters. The molecule has 6 atom stereocenters. The molecule has 1 aliphatic heterocycles. The second-order valence-electron chi connectivity index (χ2n) is 28.1. The quantitative estimate of drug-likeness (QED) is 0.0148. The molecule has 0 aliphatic carbocycles. The summed E-state index contributed by atoms with van der Waals surface area (Å²) in [6, 6.07) is 9.24. The molecule has 39 heteroatoms. The largest absolute Gasteiger partial charge is 0.481 e. The number of nitrogens with zero attached hydrogens (tertiary/aromatic N) is 5. The number of aliphatic hydroxyl groups excluding tert-OH is 1. The van der Waals surface area contributed by atoms with E-state index in [1.54, 1.807) is 50.2 Å². The maximum absolute atomic E-state index is 14.5. The summed E-state index contributed by atoms with van der Waals surface area (Å²) in [4.78, 5) is 200. The fourth-order valence-corrected chi connectivity index (χ4v) is 12.2. The maximum atomic E-state index is 14.5. The van der Waals surface area contributed by atoms with Gasteiger partial charge in [-0.25, -0.2) is 14.8 Å². The number of nitrogens with one attached hydrogen (secondary N) is 8. The van der Waals surface area contributed by atoms with Gasteiger partial charge in [0, 0.05) is 120 Å². The van der Waals surface area contributed by atoms with Crippen LogP contribution in [-0.2, 0) is 105 Å². The van der Waals surface area contributed by atoms with E-state index in [1.807, 2.05) is 0 Å². The van der Waals surface area contributed by atoms with Crippen LogP contribution < -0.4 is 60.0 Å². The minimum absolute atomic E-state index is 0.0145. The fourth-order valence-electron chi connectivity index (χ4n) is 12.2. The Hall–Kier alpha value is -10.8. The number of hydrogen-bond donors (Lipinski definition) is 14. The Balaban J connectivity index is 0.875. The van der Waals surface area contributed by atoms with Gasteiger partial charge < -0.3 is 108 Å². The topological polar surface area (TPSA) is 587 Å². The number of H-pyrrole nitrogens is 1. The molecular formula is C76H110N16O23. The molecule has 115 heavy (non-hydrogen) atoms. The van der Waals surface area contributed by atoms with Gasteiger partial charge in [-0.2, -0.15) is 4.98 Å². The number of fused-ring (bicyclic) bond motifs is 1. The van der Waals surface area contributed by atoms with Crippen molar-refractivity contribution >= 4 is 105 Å². The highest BCUT2D eigenvalue weighted by atomic mass is 16.5. The Kier molecular flexibility index (Phi) is 42.1. The van der Waals surface area contributed by atoms with E-state index < -0.39 is 120 Å². The minimum Gasteiger partial charge on any atom is -0.481 e. The van der Waals surface area contributed by atoms with Crippen LogP contribution in [0, 0.1) is 23.2 Å². The third kappa shape index (κ3) is 36.5. The van der Waals surface area contributed by atoms with Crippen molar-refractivity contribution in [3.63, 3.8) is 0 Å². The number of likely N-dealkylation sites (N-methyl/N-ethyl adjacent to an activating group) is 1. The Labute approximate surface area is 664 Å². The summed E-state index contributed by atoms with van der Waals surface area (Å²) in [7, 11) is 1.44. The van der Waals surface area contributed by atoms with Gasteiger partial charge in [0.1, 0.15) is 17.6 Å². The van der Waals surface area contributed by atoms with Gasteiger partial charge in [0.25, 0.3) is 11.5 Å². The second kappa shape index (κ2) is 51.1. The average Bonchev–Trinajstić information content (AvgIpc) is 1.20. The number of nitrogen functional groups attached to an aromatic ring is 1. The van der Waals surface area contributed by atoms with Crippen LogP contribution in [0.4, 0.5) is 11.6 Å². The highest BCUT2D eigenvalue weighted by Gasteiger charge is 2.39. The number of ketones is 4. The molecule has 1 saturated heterocycles. The lowest BCUT2D eigenvalue weighted by Crippen LogP contribution is -2.50. The van der Waals surface area contributed by atoms with Gasteiger partial charge in [0.05, 0.1) is 123 Å². The van der Waals surface area contributed by atoms with Crippen molar-refractivity contribution in [2.75, 3.05) is 130 Å². The number of benzene rings is 2. The number of aliphatic carboxylic acids is 2. The number of carbonyl (C=O) groups is 13. The number of aliphatic hydroxyl groups is 1. The van der Waals surface area contributed by atoms with Crippen LogP contribution in [0.25, 0.3) is 11.2 Å². The third-order valence-corrected chi connectivity index (χ3v) is 18.1. The zero-order valence-electron chi connectivity index (χ0n) is 65.5. The number of carbonyl (C=O) groups excluding carboxylic acids is 11. The van der Waals surface area contributed by atoms with E-state index in [0.717, 1.165) is 0 Å². The van der Waals surface area contributed by atoms with Crippen LogP contribution in [0.1, 0.15) is 131 Å². The fraction of sp³-hybridized carbons (Fsp3) is 0.579. The number of carboxylic acids is 2. The SMILES string of the molecule is CC(=O)CC(CO)(COCCC(=O)NCCOCCOCCCC(=O)CC[C@H](NC(=O)c1ccc(NCc2cnc3nc(N)[nH]c(=O)c3n2)cc1)C(=O)O)COCCC(=O)NCCOCCOCCC(=O)NCc1ccc(C[C@H]2CC(=O)[C@H](CC(=O)O)NC(=O)CNC(=O)[C@H](CCCN=C(N)N)CC(=O)[C@H](C(C)C)N(C)C2=O)cc1. The summed E-state index contributed by atoms with van der Waals surface area (Å²) in [5, 5.41) is 48.4. The van der Waals surface area contributed by atoms with Gasteiger partial charge in [-0.3, -0.25) is 67.5 Å².